The van der Waals surface area contributed by atoms with Crippen molar-refractivity contribution in [3.8, 4) is 0 Å². The molecule has 8 heavy (non-hydrogen) atoms. The summed E-state index contributed by atoms with van der Waals surface area (Å²) in [6.07, 6.45) is 1.32. The minimum absolute atomic E-state index is 0.340. The summed E-state index contributed by atoms with van der Waals surface area (Å²) in [7, 11) is 0. The van der Waals surface area contributed by atoms with E-state index < -0.39 is 5.63 Å². The third-order valence-corrected chi connectivity index (χ3v) is 1.05. The van der Waals surface area contributed by atoms with Crippen LogP contribution >= 0.6 is 12.6 Å². The summed E-state index contributed by atoms with van der Waals surface area (Å²) >= 11 is 3.79. The summed E-state index contributed by atoms with van der Waals surface area (Å²) in [5.74, 6) is 0. The van der Waals surface area contributed by atoms with E-state index in [9.17, 15) is 4.79 Å². The number of rotatable bonds is 0. The van der Waals surface area contributed by atoms with Crippen LogP contribution in [-0.2, 0) is 0 Å². The van der Waals surface area contributed by atoms with E-state index in [4.69, 9.17) is 0 Å². The van der Waals surface area contributed by atoms with E-state index >= 15 is 0 Å². The van der Waals surface area contributed by atoms with E-state index in [0.717, 1.165) is 0 Å². The van der Waals surface area contributed by atoms with Crippen LogP contribution in [0.3, 0.4) is 0 Å². The molecule has 0 spiro atoms. The second-order valence-electron chi connectivity index (χ2n) is 1.29. The van der Waals surface area contributed by atoms with Gasteiger partial charge < -0.3 is 4.42 Å². The van der Waals surface area contributed by atoms with Crippen molar-refractivity contribution in [3.63, 3.8) is 0 Å². The van der Waals surface area contributed by atoms with E-state index in [1.807, 2.05) is 0 Å². The van der Waals surface area contributed by atoms with E-state index in [-0.39, 0.29) is 0 Å². The highest BCUT2D eigenvalue weighted by atomic mass is 32.1. The van der Waals surface area contributed by atoms with E-state index in [1.54, 1.807) is 12.1 Å². The number of thiol groups is 1. The standard InChI is InChI=1S/C5H4O2S/c6-5-4(8)2-1-3-7-5/h1-3,8H. The Kier molecular flexibility index (Phi) is 1.39. The first-order valence-corrected chi connectivity index (χ1v) is 2.52. The van der Waals surface area contributed by atoms with Gasteiger partial charge in [0.05, 0.1) is 11.2 Å². The van der Waals surface area contributed by atoms with Crippen LogP contribution in [0.15, 0.2) is 32.5 Å². The molecule has 1 aromatic rings. The Morgan fingerprint density at radius 2 is 2.38 bits per heavy atom. The molecule has 1 heterocycles. The quantitative estimate of drug-likeness (QED) is 0.527. The van der Waals surface area contributed by atoms with Crippen LogP contribution in [0.2, 0.25) is 0 Å². The van der Waals surface area contributed by atoms with Gasteiger partial charge in [-0.3, -0.25) is 0 Å². The molecule has 0 saturated heterocycles. The first-order valence-electron chi connectivity index (χ1n) is 2.07. The highest BCUT2D eigenvalue weighted by Crippen LogP contribution is 1.93. The van der Waals surface area contributed by atoms with Crippen molar-refractivity contribution >= 4 is 12.6 Å². The minimum atomic E-state index is -0.393. The highest BCUT2D eigenvalue weighted by molar-refractivity contribution is 7.80. The highest BCUT2D eigenvalue weighted by Gasteiger charge is 1.87. The topological polar surface area (TPSA) is 30.2 Å². The fourth-order valence-electron chi connectivity index (χ4n) is 0.360. The average molecular weight is 128 g/mol. The van der Waals surface area contributed by atoms with Crippen molar-refractivity contribution in [3.05, 3.63) is 28.8 Å². The zero-order valence-electron chi connectivity index (χ0n) is 4.00. The van der Waals surface area contributed by atoms with Crippen LogP contribution in [-0.4, -0.2) is 0 Å². The summed E-state index contributed by atoms with van der Waals surface area (Å²) in [6.45, 7) is 0. The first-order chi connectivity index (χ1) is 3.80. The van der Waals surface area contributed by atoms with Crippen LogP contribution in [0.5, 0.6) is 0 Å². The van der Waals surface area contributed by atoms with Gasteiger partial charge in [-0.05, 0) is 12.1 Å². The minimum Gasteiger partial charge on any atom is -0.431 e. The van der Waals surface area contributed by atoms with Crippen molar-refractivity contribution in [2.45, 2.75) is 4.90 Å². The molecule has 0 aliphatic heterocycles. The largest absolute Gasteiger partial charge is 0.431 e. The van der Waals surface area contributed by atoms with Crippen molar-refractivity contribution in [2.24, 2.45) is 0 Å². The normalized spacial score (nSPS) is 9.12. The molecule has 0 aliphatic carbocycles. The molecule has 0 atom stereocenters. The molecule has 0 unspecified atom stereocenters. The molecule has 0 fully saturated rings. The fraction of sp³-hybridized carbons (Fsp3) is 0. The molecular weight excluding hydrogens is 124 g/mol. The smallest absolute Gasteiger partial charge is 0.349 e. The lowest BCUT2D eigenvalue weighted by Gasteiger charge is -1.81. The molecule has 2 nitrogen and oxygen atoms in total. The van der Waals surface area contributed by atoms with Crippen LogP contribution in [0.4, 0.5) is 0 Å². The van der Waals surface area contributed by atoms with E-state index in [0.29, 0.717) is 4.90 Å². The predicted octanol–water partition coefficient (Wildman–Crippen LogP) is 0.928. The van der Waals surface area contributed by atoms with Crippen molar-refractivity contribution < 1.29 is 4.42 Å². The maximum Gasteiger partial charge on any atom is 0.349 e. The first kappa shape index (κ1) is 5.44. The number of hydrogen-bond donors (Lipinski definition) is 1. The van der Waals surface area contributed by atoms with Gasteiger partial charge in [0, 0.05) is 0 Å². The zero-order valence-corrected chi connectivity index (χ0v) is 4.89. The Hall–Kier alpha value is -0.700. The summed E-state index contributed by atoms with van der Waals surface area (Å²) in [5.41, 5.74) is -0.393. The van der Waals surface area contributed by atoms with Crippen molar-refractivity contribution in [2.75, 3.05) is 0 Å². The van der Waals surface area contributed by atoms with Gasteiger partial charge in [0.1, 0.15) is 0 Å². The molecule has 0 radical (unpaired) electrons. The van der Waals surface area contributed by atoms with Gasteiger partial charge in [-0.2, -0.15) is 0 Å². The maximum absolute atomic E-state index is 10.4. The summed E-state index contributed by atoms with van der Waals surface area (Å²) in [6, 6.07) is 3.19. The molecule has 1 rings (SSSR count). The van der Waals surface area contributed by atoms with Crippen molar-refractivity contribution in [1.82, 2.24) is 0 Å². The third-order valence-electron chi connectivity index (χ3n) is 0.717. The molecule has 0 aliphatic rings. The second-order valence-corrected chi connectivity index (χ2v) is 1.77. The van der Waals surface area contributed by atoms with Crippen LogP contribution in [0.1, 0.15) is 0 Å². The van der Waals surface area contributed by atoms with E-state index in [1.165, 1.54) is 6.26 Å². The predicted molar refractivity (Wildman–Crippen MR) is 32.2 cm³/mol. The summed E-state index contributed by atoms with van der Waals surface area (Å²) < 4.78 is 4.43. The molecule has 0 saturated carbocycles. The Bertz CT molecular complexity index is 228. The lowest BCUT2D eigenvalue weighted by molar-refractivity contribution is 0.495. The SMILES string of the molecule is O=c1occcc1S. The van der Waals surface area contributed by atoms with Gasteiger partial charge in [0.15, 0.2) is 0 Å². The zero-order chi connectivity index (χ0) is 5.98. The van der Waals surface area contributed by atoms with Gasteiger partial charge in [-0.25, -0.2) is 4.79 Å². The van der Waals surface area contributed by atoms with E-state index in [2.05, 4.69) is 17.0 Å². The molecule has 3 heteroatoms. The van der Waals surface area contributed by atoms with Crippen LogP contribution in [0, 0.1) is 0 Å². The van der Waals surface area contributed by atoms with Crippen molar-refractivity contribution in [1.29, 1.82) is 0 Å². The molecule has 42 valence electrons. The average Bonchev–Trinajstić information content (AvgIpc) is 1.77. The molecule has 1 aromatic heterocycles. The Morgan fingerprint density at radius 1 is 1.62 bits per heavy atom. The monoisotopic (exact) mass is 128 g/mol. The molecule has 0 aromatic carbocycles. The lowest BCUT2D eigenvalue weighted by Crippen LogP contribution is -1.96. The van der Waals surface area contributed by atoms with Crippen LogP contribution in [0.25, 0.3) is 0 Å². The van der Waals surface area contributed by atoms with Gasteiger partial charge in [-0.15, -0.1) is 12.6 Å². The van der Waals surface area contributed by atoms with Crippen LogP contribution < -0.4 is 5.63 Å². The Balaban J connectivity index is 3.35. The second kappa shape index (κ2) is 2.05. The fourth-order valence-corrected chi connectivity index (χ4v) is 0.499. The number of hydrogen-bond acceptors (Lipinski definition) is 3. The van der Waals surface area contributed by atoms with Gasteiger partial charge in [0.25, 0.3) is 0 Å². The molecule has 0 amide bonds. The lowest BCUT2D eigenvalue weighted by atomic mass is 10.5. The Labute approximate surface area is 51.6 Å². The summed E-state index contributed by atoms with van der Waals surface area (Å²) in [5, 5.41) is 0. The third kappa shape index (κ3) is 0.924. The molecule has 0 N–H and O–H groups in total. The molecular formula is C5H4O2S. The van der Waals surface area contributed by atoms with Gasteiger partial charge in [0.2, 0.25) is 0 Å². The maximum atomic E-state index is 10.4. The van der Waals surface area contributed by atoms with Gasteiger partial charge in [-0.1, -0.05) is 0 Å². The molecule has 0 bridgehead atoms. The van der Waals surface area contributed by atoms with Gasteiger partial charge >= 0.3 is 5.63 Å². The summed E-state index contributed by atoms with van der Waals surface area (Å²) in [4.78, 5) is 10.7. The Morgan fingerprint density at radius 3 is 2.75 bits per heavy atom.